The summed E-state index contributed by atoms with van der Waals surface area (Å²) in [6.07, 6.45) is 3.17. The molecule has 0 atom stereocenters. The Balaban J connectivity index is 3.01. The van der Waals surface area contributed by atoms with Crippen molar-refractivity contribution in [2.75, 3.05) is 0 Å². The van der Waals surface area contributed by atoms with E-state index in [1.54, 1.807) is 6.20 Å². The average Bonchev–Trinajstić information content (AvgIpc) is 1.89. The van der Waals surface area contributed by atoms with Crippen LogP contribution in [0.25, 0.3) is 0 Å². The Labute approximate surface area is 61.4 Å². The van der Waals surface area contributed by atoms with Crippen molar-refractivity contribution in [3.8, 4) is 0 Å². The lowest BCUT2D eigenvalue weighted by Gasteiger charge is -1.94. The summed E-state index contributed by atoms with van der Waals surface area (Å²) in [6.45, 7) is 0.474. The highest BCUT2D eigenvalue weighted by Gasteiger charge is 1.94. The van der Waals surface area contributed by atoms with Gasteiger partial charge in [-0.25, -0.2) is 9.97 Å². The molecule has 2 N–H and O–H groups in total. The smallest absolute Gasteiger partial charge is 0.116 e. The maximum atomic E-state index is 5.34. The largest absolute Gasteiger partial charge is 0.326 e. The third-order valence-electron chi connectivity index (χ3n) is 0.953. The number of hydrogen-bond acceptors (Lipinski definition) is 3. The molecule has 0 radical (unpaired) electrons. The van der Waals surface area contributed by atoms with Gasteiger partial charge in [0.15, 0.2) is 0 Å². The Bertz CT molecular complexity index is 201. The van der Waals surface area contributed by atoms with E-state index in [0.29, 0.717) is 6.54 Å². The van der Waals surface area contributed by atoms with Crippen molar-refractivity contribution < 1.29 is 0 Å². The standard InChI is InChI=1S/C5H6BrN3/c6-5-4(1-7)2-8-3-9-5/h2-3H,1,7H2. The highest BCUT2D eigenvalue weighted by Crippen LogP contribution is 2.08. The molecule has 1 rings (SSSR count). The van der Waals surface area contributed by atoms with Gasteiger partial charge in [-0.1, -0.05) is 0 Å². The number of aromatic nitrogens is 2. The van der Waals surface area contributed by atoms with Crippen molar-refractivity contribution in [1.82, 2.24) is 9.97 Å². The minimum Gasteiger partial charge on any atom is -0.326 e. The third kappa shape index (κ3) is 1.46. The van der Waals surface area contributed by atoms with E-state index in [1.807, 2.05) is 0 Å². The number of halogens is 1. The van der Waals surface area contributed by atoms with Crippen LogP contribution in [-0.4, -0.2) is 9.97 Å². The molecule has 0 aliphatic carbocycles. The first kappa shape index (κ1) is 6.64. The summed E-state index contributed by atoms with van der Waals surface area (Å²) in [7, 11) is 0. The summed E-state index contributed by atoms with van der Waals surface area (Å²) >= 11 is 3.23. The molecule has 0 fully saturated rings. The molecular weight excluding hydrogens is 182 g/mol. The molecule has 0 aromatic carbocycles. The molecule has 0 aliphatic rings. The zero-order valence-electron chi connectivity index (χ0n) is 4.71. The molecule has 0 aliphatic heterocycles. The number of rotatable bonds is 1. The van der Waals surface area contributed by atoms with Gasteiger partial charge < -0.3 is 5.73 Å². The second-order valence-corrected chi connectivity index (χ2v) is 2.29. The summed E-state index contributed by atoms with van der Waals surface area (Å²) in [6, 6.07) is 0. The molecule has 0 saturated heterocycles. The van der Waals surface area contributed by atoms with Gasteiger partial charge in [0.25, 0.3) is 0 Å². The lowest BCUT2D eigenvalue weighted by Crippen LogP contribution is -1.98. The number of nitrogens with two attached hydrogens (primary N) is 1. The van der Waals surface area contributed by atoms with Crippen LogP contribution in [0.3, 0.4) is 0 Å². The van der Waals surface area contributed by atoms with Gasteiger partial charge in [0, 0.05) is 18.3 Å². The molecule has 0 unspecified atom stereocenters. The normalized spacial score (nSPS) is 9.56. The monoisotopic (exact) mass is 187 g/mol. The van der Waals surface area contributed by atoms with Crippen molar-refractivity contribution >= 4 is 15.9 Å². The van der Waals surface area contributed by atoms with E-state index in [2.05, 4.69) is 25.9 Å². The van der Waals surface area contributed by atoms with E-state index in [1.165, 1.54) is 6.33 Å². The van der Waals surface area contributed by atoms with Crippen LogP contribution >= 0.6 is 15.9 Å². The van der Waals surface area contributed by atoms with Gasteiger partial charge in [-0.05, 0) is 15.9 Å². The lowest BCUT2D eigenvalue weighted by molar-refractivity contribution is 0.987. The molecule has 48 valence electrons. The summed E-state index contributed by atoms with van der Waals surface area (Å²) in [5, 5.41) is 0. The van der Waals surface area contributed by atoms with Crippen LogP contribution in [-0.2, 0) is 6.54 Å². The minimum atomic E-state index is 0.474. The summed E-state index contributed by atoms with van der Waals surface area (Å²) in [5.41, 5.74) is 6.27. The Hall–Kier alpha value is -0.480. The maximum absolute atomic E-state index is 5.34. The van der Waals surface area contributed by atoms with Gasteiger partial charge in [0.1, 0.15) is 10.9 Å². The highest BCUT2D eigenvalue weighted by molar-refractivity contribution is 9.10. The van der Waals surface area contributed by atoms with Gasteiger partial charge in [-0.2, -0.15) is 0 Å². The highest BCUT2D eigenvalue weighted by atomic mass is 79.9. The average molecular weight is 188 g/mol. The Kier molecular flexibility index (Phi) is 2.13. The molecule has 1 aromatic heterocycles. The quantitative estimate of drug-likeness (QED) is 0.660. The molecule has 0 spiro atoms. The van der Waals surface area contributed by atoms with Crippen molar-refractivity contribution in [3.63, 3.8) is 0 Å². The molecular formula is C5H6BrN3. The summed E-state index contributed by atoms with van der Waals surface area (Å²) < 4.78 is 0.778. The van der Waals surface area contributed by atoms with Crippen molar-refractivity contribution in [2.45, 2.75) is 6.54 Å². The predicted molar refractivity (Wildman–Crippen MR) is 37.6 cm³/mol. The van der Waals surface area contributed by atoms with E-state index in [4.69, 9.17) is 5.73 Å². The molecule has 3 nitrogen and oxygen atoms in total. The molecule has 1 heterocycles. The first-order valence-corrected chi connectivity index (χ1v) is 3.28. The first-order chi connectivity index (χ1) is 4.34. The zero-order chi connectivity index (χ0) is 6.69. The molecule has 0 saturated carbocycles. The van der Waals surface area contributed by atoms with Crippen LogP contribution in [0.1, 0.15) is 5.56 Å². The fourth-order valence-corrected chi connectivity index (χ4v) is 0.836. The maximum Gasteiger partial charge on any atom is 0.116 e. The van der Waals surface area contributed by atoms with E-state index < -0.39 is 0 Å². The zero-order valence-corrected chi connectivity index (χ0v) is 6.30. The van der Waals surface area contributed by atoms with Crippen LogP contribution < -0.4 is 5.73 Å². The van der Waals surface area contributed by atoms with Crippen LogP contribution in [0.15, 0.2) is 17.1 Å². The van der Waals surface area contributed by atoms with Crippen LogP contribution in [0.4, 0.5) is 0 Å². The Morgan fingerprint density at radius 2 is 2.44 bits per heavy atom. The SMILES string of the molecule is NCc1cncnc1Br. The van der Waals surface area contributed by atoms with Crippen molar-refractivity contribution in [3.05, 3.63) is 22.7 Å². The fourth-order valence-electron chi connectivity index (χ4n) is 0.480. The predicted octanol–water partition coefficient (Wildman–Crippen LogP) is 0.698. The topological polar surface area (TPSA) is 51.8 Å². The minimum absolute atomic E-state index is 0.474. The van der Waals surface area contributed by atoms with Crippen LogP contribution in [0.2, 0.25) is 0 Å². The van der Waals surface area contributed by atoms with Gasteiger partial charge in [-0.15, -0.1) is 0 Å². The third-order valence-corrected chi connectivity index (χ3v) is 1.67. The second-order valence-electron chi connectivity index (χ2n) is 1.54. The first-order valence-electron chi connectivity index (χ1n) is 2.49. The van der Waals surface area contributed by atoms with E-state index in [0.717, 1.165) is 10.2 Å². The summed E-state index contributed by atoms with van der Waals surface area (Å²) in [4.78, 5) is 7.67. The van der Waals surface area contributed by atoms with E-state index in [9.17, 15) is 0 Å². The van der Waals surface area contributed by atoms with E-state index >= 15 is 0 Å². The van der Waals surface area contributed by atoms with E-state index in [-0.39, 0.29) is 0 Å². The Morgan fingerprint density at radius 1 is 1.67 bits per heavy atom. The Morgan fingerprint density at radius 3 is 2.89 bits per heavy atom. The lowest BCUT2D eigenvalue weighted by atomic mass is 10.4. The number of nitrogens with zero attached hydrogens (tertiary/aromatic N) is 2. The fraction of sp³-hybridized carbons (Fsp3) is 0.200. The molecule has 0 bridgehead atoms. The van der Waals surface area contributed by atoms with Crippen molar-refractivity contribution in [2.24, 2.45) is 5.73 Å². The number of hydrogen-bond donors (Lipinski definition) is 1. The van der Waals surface area contributed by atoms with Crippen LogP contribution in [0, 0.1) is 0 Å². The van der Waals surface area contributed by atoms with Gasteiger partial charge in [-0.3, -0.25) is 0 Å². The molecule has 4 heteroatoms. The molecule has 0 amide bonds. The van der Waals surface area contributed by atoms with Gasteiger partial charge in [0.05, 0.1) is 0 Å². The molecule has 9 heavy (non-hydrogen) atoms. The molecule has 1 aromatic rings. The van der Waals surface area contributed by atoms with Crippen molar-refractivity contribution in [1.29, 1.82) is 0 Å². The second kappa shape index (κ2) is 2.89. The van der Waals surface area contributed by atoms with Gasteiger partial charge >= 0.3 is 0 Å². The van der Waals surface area contributed by atoms with Gasteiger partial charge in [0.2, 0.25) is 0 Å². The van der Waals surface area contributed by atoms with Crippen LogP contribution in [0.5, 0.6) is 0 Å². The summed E-state index contributed by atoms with van der Waals surface area (Å²) in [5.74, 6) is 0.